The van der Waals surface area contributed by atoms with Crippen molar-refractivity contribution in [2.45, 2.75) is 19.1 Å². The first-order chi connectivity index (χ1) is 8.37. The molecular formula is C12H11F3N2S. The van der Waals surface area contributed by atoms with Crippen molar-refractivity contribution < 1.29 is 13.2 Å². The molecule has 0 spiro atoms. The first-order valence-electron chi connectivity index (χ1n) is 5.32. The third-order valence-corrected chi connectivity index (χ3v) is 2.93. The zero-order chi connectivity index (χ0) is 13.3. The van der Waals surface area contributed by atoms with Crippen LogP contribution in [-0.2, 0) is 6.54 Å². The normalized spacial score (nSPS) is 11.9. The summed E-state index contributed by atoms with van der Waals surface area (Å²) in [5, 5.41) is 0.836. The van der Waals surface area contributed by atoms with Crippen LogP contribution >= 0.6 is 12.2 Å². The molecule has 6 heteroatoms. The zero-order valence-electron chi connectivity index (χ0n) is 9.37. The molecule has 0 bridgehead atoms. The van der Waals surface area contributed by atoms with E-state index in [0.29, 0.717) is 5.56 Å². The van der Waals surface area contributed by atoms with Gasteiger partial charge in [0, 0.05) is 29.2 Å². The highest BCUT2D eigenvalue weighted by Crippen LogP contribution is 2.23. The molecule has 0 radical (unpaired) electrons. The Balaban J connectivity index is 2.29. The molecule has 0 atom stereocenters. The van der Waals surface area contributed by atoms with E-state index in [9.17, 15) is 13.2 Å². The lowest BCUT2D eigenvalue weighted by atomic mass is 10.1. The summed E-state index contributed by atoms with van der Waals surface area (Å²) in [6, 6.07) is 6.99. The Kier molecular flexibility index (Phi) is 3.30. The van der Waals surface area contributed by atoms with Crippen LogP contribution in [-0.4, -0.2) is 15.7 Å². The topological polar surface area (TPSA) is 30.9 Å². The van der Waals surface area contributed by atoms with Gasteiger partial charge < -0.3 is 10.3 Å². The molecule has 96 valence electrons. The van der Waals surface area contributed by atoms with E-state index < -0.39 is 12.6 Å². The van der Waals surface area contributed by atoms with Gasteiger partial charge in [0.25, 0.3) is 0 Å². The number of thiocarbonyl (C=S) groups is 1. The van der Waals surface area contributed by atoms with Crippen LogP contribution in [0.2, 0.25) is 0 Å². The van der Waals surface area contributed by atoms with Crippen molar-refractivity contribution in [1.82, 2.24) is 4.57 Å². The number of hydrogen-bond acceptors (Lipinski definition) is 1. The summed E-state index contributed by atoms with van der Waals surface area (Å²) in [4.78, 5) is 0.278. The van der Waals surface area contributed by atoms with E-state index in [1.165, 1.54) is 0 Å². The molecule has 1 heterocycles. The second-order valence-electron chi connectivity index (χ2n) is 4.01. The van der Waals surface area contributed by atoms with E-state index in [4.69, 9.17) is 18.0 Å². The van der Waals surface area contributed by atoms with Gasteiger partial charge >= 0.3 is 6.18 Å². The van der Waals surface area contributed by atoms with Crippen LogP contribution in [0, 0.1) is 0 Å². The first kappa shape index (κ1) is 12.9. The van der Waals surface area contributed by atoms with Crippen molar-refractivity contribution in [2.24, 2.45) is 5.73 Å². The minimum atomic E-state index is -4.14. The number of hydrogen-bond donors (Lipinski definition) is 1. The molecule has 0 aliphatic rings. The lowest BCUT2D eigenvalue weighted by Crippen LogP contribution is -2.12. The monoisotopic (exact) mass is 272 g/mol. The van der Waals surface area contributed by atoms with E-state index in [1.807, 2.05) is 0 Å². The summed E-state index contributed by atoms with van der Waals surface area (Å²) >= 11 is 4.85. The maximum Gasteiger partial charge on any atom is 0.390 e. The second-order valence-corrected chi connectivity index (χ2v) is 4.45. The standard InChI is InChI=1S/C12H11F3N2S/c13-12(14,15)4-6-17-5-3-8-7-9(11(16)18)1-2-10(8)17/h1-3,5,7H,4,6H2,(H2,16,18). The lowest BCUT2D eigenvalue weighted by Gasteiger charge is -2.08. The Labute approximate surface area is 107 Å². The molecule has 0 aliphatic carbocycles. The Morgan fingerprint density at radius 3 is 2.61 bits per heavy atom. The van der Waals surface area contributed by atoms with Gasteiger partial charge in [0.05, 0.1) is 6.42 Å². The summed E-state index contributed by atoms with van der Waals surface area (Å²) in [5.74, 6) is 0. The van der Waals surface area contributed by atoms with E-state index in [0.717, 1.165) is 10.9 Å². The molecule has 2 rings (SSSR count). The van der Waals surface area contributed by atoms with Gasteiger partial charge in [-0.2, -0.15) is 13.2 Å². The summed E-state index contributed by atoms with van der Waals surface area (Å²) in [7, 11) is 0. The molecule has 0 saturated heterocycles. The minimum absolute atomic E-state index is 0.0839. The fraction of sp³-hybridized carbons (Fsp3) is 0.250. The molecule has 0 aliphatic heterocycles. The Morgan fingerprint density at radius 1 is 1.28 bits per heavy atom. The molecular weight excluding hydrogens is 261 g/mol. The van der Waals surface area contributed by atoms with Gasteiger partial charge in [0.1, 0.15) is 4.99 Å². The molecule has 1 aromatic carbocycles. The summed E-state index contributed by atoms with van der Waals surface area (Å²) in [6.45, 7) is -0.0839. The van der Waals surface area contributed by atoms with Gasteiger partial charge in [-0.05, 0) is 24.3 Å². The fourth-order valence-corrected chi connectivity index (χ4v) is 1.92. The lowest BCUT2D eigenvalue weighted by molar-refractivity contribution is -0.136. The maximum atomic E-state index is 12.2. The third kappa shape index (κ3) is 2.81. The molecule has 0 unspecified atom stereocenters. The van der Waals surface area contributed by atoms with Crippen LogP contribution < -0.4 is 5.73 Å². The van der Waals surface area contributed by atoms with Gasteiger partial charge in [0.15, 0.2) is 0 Å². The summed E-state index contributed by atoms with van der Waals surface area (Å²) < 4.78 is 38.1. The Morgan fingerprint density at radius 2 is 2.00 bits per heavy atom. The number of aryl methyl sites for hydroxylation is 1. The number of nitrogens with zero attached hydrogens (tertiary/aromatic N) is 1. The quantitative estimate of drug-likeness (QED) is 0.870. The number of benzene rings is 1. The van der Waals surface area contributed by atoms with Crippen molar-refractivity contribution in [3.8, 4) is 0 Å². The molecule has 0 fully saturated rings. The van der Waals surface area contributed by atoms with E-state index in [1.54, 1.807) is 35.0 Å². The van der Waals surface area contributed by atoms with E-state index in [2.05, 4.69) is 0 Å². The highest BCUT2D eigenvalue weighted by Gasteiger charge is 2.26. The SMILES string of the molecule is NC(=S)c1ccc2c(ccn2CCC(F)(F)F)c1. The van der Waals surface area contributed by atoms with Crippen molar-refractivity contribution in [2.75, 3.05) is 0 Å². The number of fused-ring (bicyclic) bond motifs is 1. The Hall–Kier alpha value is -1.56. The highest BCUT2D eigenvalue weighted by molar-refractivity contribution is 7.80. The average molecular weight is 272 g/mol. The van der Waals surface area contributed by atoms with Crippen LogP contribution in [0.4, 0.5) is 13.2 Å². The molecule has 2 N–H and O–H groups in total. The summed E-state index contributed by atoms with van der Waals surface area (Å²) in [5.41, 5.74) is 6.97. The molecule has 0 amide bonds. The van der Waals surface area contributed by atoms with Gasteiger partial charge in [0.2, 0.25) is 0 Å². The molecule has 2 aromatic rings. The van der Waals surface area contributed by atoms with Gasteiger partial charge in [-0.15, -0.1) is 0 Å². The predicted octanol–water partition coefficient (Wildman–Crippen LogP) is 3.23. The van der Waals surface area contributed by atoms with Gasteiger partial charge in [-0.1, -0.05) is 12.2 Å². The number of rotatable bonds is 3. The van der Waals surface area contributed by atoms with Gasteiger partial charge in [-0.3, -0.25) is 0 Å². The molecule has 0 saturated carbocycles. The molecule has 2 nitrogen and oxygen atoms in total. The maximum absolute atomic E-state index is 12.2. The fourth-order valence-electron chi connectivity index (χ4n) is 1.80. The number of alkyl halides is 3. The number of nitrogens with two attached hydrogens (primary N) is 1. The first-order valence-corrected chi connectivity index (χ1v) is 5.73. The van der Waals surface area contributed by atoms with Crippen LogP contribution in [0.25, 0.3) is 10.9 Å². The third-order valence-electron chi connectivity index (χ3n) is 2.69. The summed E-state index contributed by atoms with van der Waals surface area (Å²) in [6.07, 6.45) is -3.34. The van der Waals surface area contributed by atoms with Crippen molar-refractivity contribution in [3.63, 3.8) is 0 Å². The predicted molar refractivity (Wildman–Crippen MR) is 68.5 cm³/mol. The number of aromatic nitrogens is 1. The van der Waals surface area contributed by atoms with Crippen LogP contribution in [0.3, 0.4) is 0 Å². The smallest absolute Gasteiger partial charge is 0.389 e. The minimum Gasteiger partial charge on any atom is -0.389 e. The second kappa shape index (κ2) is 4.61. The van der Waals surface area contributed by atoms with Gasteiger partial charge in [-0.25, -0.2) is 0 Å². The molecule has 1 aromatic heterocycles. The van der Waals surface area contributed by atoms with Crippen LogP contribution in [0.5, 0.6) is 0 Å². The van der Waals surface area contributed by atoms with E-state index >= 15 is 0 Å². The van der Waals surface area contributed by atoms with E-state index in [-0.39, 0.29) is 11.5 Å². The van der Waals surface area contributed by atoms with Crippen LogP contribution in [0.15, 0.2) is 30.5 Å². The zero-order valence-corrected chi connectivity index (χ0v) is 10.2. The Bertz CT molecular complexity index is 587. The van der Waals surface area contributed by atoms with Crippen molar-refractivity contribution in [1.29, 1.82) is 0 Å². The largest absolute Gasteiger partial charge is 0.390 e. The van der Waals surface area contributed by atoms with Crippen molar-refractivity contribution in [3.05, 3.63) is 36.0 Å². The average Bonchev–Trinajstić information content (AvgIpc) is 2.67. The van der Waals surface area contributed by atoms with Crippen LogP contribution in [0.1, 0.15) is 12.0 Å². The number of halogens is 3. The molecule has 18 heavy (non-hydrogen) atoms. The highest BCUT2D eigenvalue weighted by atomic mass is 32.1. The van der Waals surface area contributed by atoms with Crippen molar-refractivity contribution >= 4 is 28.1 Å².